The summed E-state index contributed by atoms with van der Waals surface area (Å²) in [7, 11) is 0. The molecule has 1 aliphatic heterocycles. The number of halogens is 4. The molecule has 23 heavy (non-hydrogen) atoms. The Hall–Kier alpha value is -0.550. The molecule has 2 fully saturated rings. The standard InChI is InChI=1S/C16H19Cl2FN2O.ClH/c1-9(13-11(17)2-3-12(19)14(13)18)21-15(22)10-8-16(10)4-6-20-7-5-16;/h2-3,9-10,20H,4-8H2,1H3,(H,21,22);1H. The van der Waals surface area contributed by atoms with E-state index >= 15 is 0 Å². The van der Waals surface area contributed by atoms with E-state index in [0.717, 1.165) is 32.4 Å². The van der Waals surface area contributed by atoms with Crippen LogP contribution >= 0.6 is 35.6 Å². The van der Waals surface area contributed by atoms with Gasteiger partial charge in [0, 0.05) is 16.5 Å². The Bertz CT molecular complexity index is 605. The van der Waals surface area contributed by atoms with Crippen molar-refractivity contribution >= 4 is 41.5 Å². The molecule has 2 aliphatic rings. The van der Waals surface area contributed by atoms with Crippen molar-refractivity contribution in [3.63, 3.8) is 0 Å². The molecule has 7 heteroatoms. The van der Waals surface area contributed by atoms with Gasteiger partial charge in [0.1, 0.15) is 5.82 Å². The molecule has 1 saturated heterocycles. The summed E-state index contributed by atoms with van der Waals surface area (Å²) in [5, 5.41) is 6.61. The van der Waals surface area contributed by atoms with Crippen LogP contribution in [0.1, 0.15) is 37.8 Å². The number of carbonyl (C=O) groups is 1. The molecular weight excluding hydrogens is 362 g/mol. The van der Waals surface area contributed by atoms with Crippen LogP contribution < -0.4 is 10.6 Å². The van der Waals surface area contributed by atoms with Crippen molar-refractivity contribution < 1.29 is 9.18 Å². The van der Waals surface area contributed by atoms with E-state index in [1.807, 2.05) is 0 Å². The molecule has 0 radical (unpaired) electrons. The third-order valence-electron chi connectivity index (χ3n) is 4.98. The van der Waals surface area contributed by atoms with Gasteiger partial charge >= 0.3 is 0 Å². The molecular formula is C16H20Cl3FN2O. The first-order valence-corrected chi connectivity index (χ1v) is 8.35. The van der Waals surface area contributed by atoms with Crippen LogP contribution in [-0.4, -0.2) is 19.0 Å². The summed E-state index contributed by atoms with van der Waals surface area (Å²) in [6.07, 6.45) is 3.03. The lowest BCUT2D eigenvalue weighted by Crippen LogP contribution is -2.34. The Morgan fingerprint density at radius 1 is 1.39 bits per heavy atom. The van der Waals surface area contributed by atoms with Gasteiger partial charge in [0.2, 0.25) is 5.91 Å². The second kappa shape index (κ2) is 7.14. The van der Waals surface area contributed by atoms with Crippen LogP contribution in [0.2, 0.25) is 10.0 Å². The minimum atomic E-state index is -0.525. The van der Waals surface area contributed by atoms with Crippen molar-refractivity contribution in [3.05, 3.63) is 33.6 Å². The molecule has 0 aromatic heterocycles. The Kier molecular flexibility index (Phi) is 5.83. The van der Waals surface area contributed by atoms with Crippen LogP contribution in [0.5, 0.6) is 0 Å². The highest BCUT2D eigenvalue weighted by atomic mass is 35.5. The van der Waals surface area contributed by atoms with Gasteiger partial charge in [0.25, 0.3) is 0 Å². The van der Waals surface area contributed by atoms with Gasteiger partial charge in [0.15, 0.2) is 0 Å². The summed E-state index contributed by atoms with van der Waals surface area (Å²) in [5.41, 5.74) is 0.613. The fourth-order valence-electron chi connectivity index (χ4n) is 3.52. The molecule has 128 valence electrons. The molecule has 1 aromatic carbocycles. The first kappa shape index (κ1) is 18.8. The average Bonchev–Trinajstić information content (AvgIpc) is 3.17. The lowest BCUT2D eigenvalue weighted by Gasteiger charge is -2.24. The maximum atomic E-state index is 13.6. The predicted molar refractivity (Wildman–Crippen MR) is 92.9 cm³/mol. The number of nitrogens with one attached hydrogen (secondary N) is 2. The van der Waals surface area contributed by atoms with Crippen LogP contribution in [0.3, 0.4) is 0 Å². The van der Waals surface area contributed by atoms with E-state index in [2.05, 4.69) is 10.6 Å². The first-order valence-electron chi connectivity index (χ1n) is 7.59. The average molecular weight is 382 g/mol. The number of rotatable bonds is 3. The summed E-state index contributed by atoms with van der Waals surface area (Å²) in [4.78, 5) is 12.5. The van der Waals surface area contributed by atoms with Gasteiger partial charge < -0.3 is 10.6 Å². The molecule has 2 atom stereocenters. The Morgan fingerprint density at radius 3 is 2.70 bits per heavy atom. The van der Waals surface area contributed by atoms with Crippen molar-refractivity contribution in [1.82, 2.24) is 10.6 Å². The predicted octanol–water partition coefficient (Wildman–Crippen LogP) is 4.12. The van der Waals surface area contributed by atoms with Gasteiger partial charge in [-0.15, -0.1) is 12.4 Å². The first-order chi connectivity index (χ1) is 10.4. The van der Waals surface area contributed by atoms with Crippen molar-refractivity contribution in [2.75, 3.05) is 13.1 Å². The molecule has 3 rings (SSSR count). The molecule has 1 amide bonds. The summed E-state index contributed by atoms with van der Waals surface area (Å²) >= 11 is 12.1. The van der Waals surface area contributed by atoms with Crippen molar-refractivity contribution in [1.29, 1.82) is 0 Å². The summed E-state index contributed by atoms with van der Waals surface area (Å²) in [6.45, 7) is 3.73. The van der Waals surface area contributed by atoms with Crippen LogP contribution in [0.4, 0.5) is 4.39 Å². The van der Waals surface area contributed by atoms with E-state index in [9.17, 15) is 9.18 Å². The van der Waals surface area contributed by atoms with Crippen LogP contribution in [0.25, 0.3) is 0 Å². The normalized spacial score (nSPS) is 23.0. The van der Waals surface area contributed by atoms with Gasteiger partial charge in [0.05, 0.1) is 11.1 Å². The minimum Gasteiger partial charge on any atom is -0.349 e. The van der Waals surface area contributed by atoms with E-state index < -0.39 is 11.9 Å². The molecule has 1 aromatic rings. The zero-order valence-electron chi connectivity index (χ0n) is 12.8. The van der Waals surface area contributed by atoms with Crippen molar-refractivity contribution in [3.8, 4) is 0 Å². The second-order valence-corrected chi connectivity index (χ2v) is 7.14. The second-order valence-electron chi connectivity index (χ2n) is 6.36. The van der Waals surface area contributed by atoms with Gasteiger partial charge in [-0.2, -0.15) is 0 Å². The van der Waals surface area contributed by atoms with E-state index in [0.29, 0.717) is 10.6 Å². The highest BCUT2D eigenvalue weighted by molar-refractivity contribution is 6.36. The Morgan fingerprint density at radius 2 is 2.04 bits per heavy atom. The van der Waals surface area contributed by atoms with E-state index in [-0.39, 0.29) is 34.7 Å². The number of benzene rings is 1. The zero-order valence-corrected chi connectivity index (χ0v) is 15.1. The molecule has 0 bridgehead atoms. The number of piperidine rings is 1. The highest BCUT2D eigenvalue weighted by Crippen LogP contribution is 2.58. The fraction of sp³-hybridized carbons (Fsp3) is 0.562. The van der Waals surface area contributed by atoms with Crippen molar-refractivity contribution in [2.24, 2.45) is 11.3 Å². The van der Waals surface area contributed by atoms with Gasteiger partial charge in [-0.1, -0.05) is 23.2 Å². The van der Waals surface area contributed by atoms with Crippen LogP contribution in [-0.2, 0) is 4.79 Å². The quantitative estimate of drug-likeness (QED) is 0.773. The number of hydrogen-bond acceptors (Lipinski definition) is 2. The largest absolute Gasteiger partial charge is 0.349 e. The third-order valence-corrected chi connectivity index (χ3v) is 5.69. The molecule has 1 aliphatic carbocycles. The molecule has 3 nitrogen and oxygen atoms in total. The minimum absolute atomic E-state index is 0. The Balaban J connectivity index is 0.00000192. The van der Waals surface area contributed by atoms with Crippen LogP contribution in [0, 0.1) is 17.2 Å². The lowest BCUT2D eigenvalue weighted by molar-refractivity contribution is -0.123. The molecule has 2 unspecified atom stereocenters. The lowest BCUT2D eigenvalue weighted by atomic mass is 9.91. The molecule has 1 heterocycles. The highest BCUT2D eigenvalue weighted by Gasteiger charge is 2.57. The van der Waals surface area contributed by atoms with E-state index in [1.54, 1.807) is 6.92 Å². The summed E-state index contributed by atoms with van der Waals surface area (Å²) in [6, 6.07) is 2.28. The topological polar surface area (TPSA) is 41.1 Å². The smallest absolute Gasteiger partial charge is 0.224 e. The van der Waals surface area contributed by atoms with Gasteiger partial charge in [-0.25, -0.2) is 4.39 Å². The summed E-state index contributed by atoms with van der Waals surface area (Å²) < 4.78 is 13.6. The SMILES string of the molecule is CC(NC(=O)C1CC12CCNCC2)c1c(Cl)ccc(F)c1Cl.Cl. The zero-order chi connectivity index (χ0) is 15.9. The molecule has 2 N–H and O–H groups in total. The monoisotopic (exact) mass is 380 g/mol. The van der Waals surface area contributed by atoms with Crippen LogP contribution in [0.15, 0.2) is 12.1 Å². The number of hydrogen-bond donors (Lipinski definition) is 2. The number of amides is 1. The number of carbonyl (C=O) groups excluding carboxylic acids is 1. The van der Waals surface area contributed by atoms with Gasteiger partial charge in [-0.05, 0) is 56.8 Å². The Labute approximate surface area is 151 Å². The third kappa shape index (κ3) is 3.60. The maximum absolute atomic E-state index is 13.6. The molecule has 1 saturated carbocycles. The van der Waals surface area contributed by atoms with Gasteiger partial charge in [-0.3, -0.25) is 4.79 Å². The van der Waals surface area contributed by atoms with E-state index in [4.69, 9.17) is 23.2 Å². The fourth-order valence-corrected chi connectivity index (χ4v) is 4.22. The van der Waals surface area contributed by atoms with Crippen molar-refractivity contribution in [2.45, 2.75) is 32.2 Å². The maximum Gasteiger partial charge on any atom is 0.224 e. The summed E-state index contributed by atoms with van der Waals surface area (Å²) in [5.74, 6) is -0.447. The van der Waals surface area contributed by atoms with E-state index in [1.165, 1.54) is 12.1 Å². The molecule has 1 spiro atoms.